The minimum atomic E-state index is -1.04. The van der Waals surface area contributed by atoms with Crippen LogP contribution in [0.1, 0.15) is 91.8 Å². The molecule has 36 heavy (non-hydrogen) atoms. The Bertz CT molecular complexity index is 929. The SMILES string of the molecule is CC1=C/[C@H](C)[C@@H](/C(C)=C/c2csc(C)n2)OC(=O)C[C@H](O)CC(=O)[C@H](C)[C@@H](C)[C@@H](C)C\C=C\1.CCC. The molecule has 0 fully saturated rings. The van der Waals surface area contributed by atoms with Crippen molar-refractivity contribution in [2.24, 2.45) is 23.7 Å². The number of aliphatic hydroxyl groups is 1. The molecule has 2 rings (SSSR count). The number of ether oxygens (including phenoxy) is 1. The number of carbonyl (C=O) groups excluding carboxylic acids is 2. The number of hydrogen-bond acceptors (Lipinski definition) is 6. The fourth-order valence-electron chi connectivity index (χ4n) is 4.28. The largest absolute Gasteiger partial charge is 0.457 e. The van der Waals surface area contributed by atoms with Gasteiger partial charge in [0.2, 0.25) is 0 Å². The van der Waals surface area contributed by atoms with E-state index in [1.165, 1.54) is 6.42 Å². The molecule has 202 valence electrons. The van der Waals surface area contributed by atoms with Gasteiger partial charge in [0, 0.05) is 23.6 Å². The third-order valence-electron chi connectivity index (χ3n) is 6.64. The maximum atomic E-state index is 12.7. The number of hydrogen-bond donors (Lipinski definition) is 1. The second-order valence-electron chi connectivity index (χ2n) is 10.4. The van der Waals surface area contributed by atoms with Gasteiger partial charge in [-0.3, -0.25) is 9.59 Å². The van der Waals surface area contributed by atoms with Gasteiger partial charge in [-0.15, -0.1) is 11.3 Å². The van der Waals surface area contributed by atoms with Crippen LogP contribution in [-0.4, -0.2) is 34.1 Å². The van der Waals surface area contributed by atoms with Gasteiger partial charge in [0.05, 0.1) is 23.2 Å². The van der Waals surface area contributed by atoms with Gasteiger partial charge in [-0.05, 0) is 50.7 Å². The predicted molar refractivity (Wildman–Crippen MR) is 151 cm³/mol. The standard InChI is InChI=1S/C27H39NO4S.C3H8/c1-16-9-8-10-17(2)20(5)21(6)25(30)13-24(29)14-26(31)32-27(18(3)11-16)19(4)12-23-15-33-22(7)28-23;1-3-2/h8-9,11-12,15,17-18,20-21,24,27,29H,10,13-14H2,1-7H3;3H2,1-2H3/b9-8+,16-11-,19-12+;/t17-,18-,20-,21+,24+,27-;/m0./s1. The number of nitrogens with zero attached hydrogens (tertiary/aromatic N) is 1. The smallest absolute Gasteiger partial charge is 0.309 e. The fraction of sp³-hybridized carbons (Fsp3) is 0.633. The summed E-state index contributed by atoms with van der Waals surface area (Å²) < 4.78 is 5.85. The van der Waals surface area contributed by atoms with E-state index < -0.39 is 18.2 Å². The number of carbonyl (C=O) groups is 2. The number of rotatable bonds is 2. The quantitative estimate of drug-likeness (QED) is 0.415. The molecule has 6 heteroatoms. The van der Waals surface area contributed by atoms with Crippen LogP contribution >= 0.6 is 11.3 Å². The lowest BCUT2D eigenvalue weighted by Crippen LogP contribution is -2.30. The van der Waals surface area contributed by atoms with Crippen molar-refractivity contribution in [1.29, 1.82) is 0 Å². The summed E-state index contributed by atoms with van der Waals surface area (Å²) in [6, 6.07) is 0. The van der Waals surface area contributed by atoms with Crippen molar-refractivity contribution in [1.82, 2.24) is 4.98 Å². The van der Waals surface area contributed by atoms with Crippen LogP contribution in [-0.2, 0) is 14.3 Å². The predicted octanol–water partition coefficient (Wildman–Crippen LogP) is 7.34. The molecule has 0 aromatic carbocycles. The number of thiazole rings is 1. The molecule has 6 atom stereocenters. The lowest BCUT2D eigenvalue weighted by Gasteiger charge is -2.26. The molecule has 1 aromatic heterocycles. The Morgan fingerprint density at radius 1 is 1.17 bits per heavy atom. The van der Waals surface area contributed by atoms with Gasteiger partial charge in [0.15, 0.2) is 0 Å². The van der Waals surface area contributed by atoms with Crippen LogP contribution in [0.3, 0.4) is 0 Å². The number of Topliss-reactive ketones (excluding diaryl/α,β-unsaturated/α-hetero) is 1. The van der Waals surface area contributed by atoms with E-state index in [4.69, 9.17) is 4.74 Å². The lowest BCUT2D eigenvalue weighted by atomic mass is 9.79. The van der Waals surface area contributed by atoms with Gasteiger partial charge in [-0.25, -0.2) is 4.98 Å². The van der Waals surface area contributed by atoms with Crippen LogP contribution in [0, 0.1) is 30.6 Å². The summed E-state index contributed by atoms with van der Waals surface area (Å²) in [5, 5.41) is 13.4. The summed E-state index contributed by atoms with van der Waals surface area (Å²) in [6.07, 6.45) is 8.68. The number of aromatic nitrogens is 1. The van der Waals surface area contributed by atoms with Gasteiger partial charge in [-0.1, -0.05) is 71.8 Å². The van der Waals surface area contributed by atoms with Crippen LogP contribution in [0.4, 0.5) is 0 Å². The first kappa shape index (κ1) is 32.0. The van der Waals surface area contributed by atoms with Crippen LogP contribution in [0.2, 0.25) is 0 Å². The normalized spacial score (nSPS) is 31.5. The summed E-state index contributed by atoms with van der Waals surface area (Å²) in [5.41, 5.74) is 2.82. The molecule has 2 heterocycles. The van der Waals surface area contributed by atoms with Crippen LogP contribution in [0.15, 0.2) is 34.8 Å². The van der Waals surface area contributed by atoms with Gasteiger partial charge in [0.25, 0.3) is 0 Å². The molecule has 1 aliphatic heterocycles. The third-order valence-corrected chi connectivity index (χ3v) is 7.44. The van der Waals surface area contributed by atoms with Gasteiger partial charge < -0.3 is 9.84 Å². The fourth-order valence-corrected chi connectivity index (χ4v) is 4.85. The first-order valence-corrected chi connectivity index (χ1v) is 14.1. The molecule has 0 bridgehead atoms. The van der Waals surface area contributed by atoms with Crippen molar-refractivity contribution in [2.75, 3.05) is 0 Å². The van der Waals surface area contributed by atoms with Crippen molar-refractivity contribution in [3.8, 4) is 0 Å². The molecule has 0 unspecified atom stereocenters. The number of esters is 1. The lowest BCUT2D eigenvalue weighted by molar-refractivity contribution is -0.151. The zero-order valence-corrected chi connectivity index (χ0v) is 24.5. The summed E-state index contributed by atoms with van der Waals surface area (Å²) in [4.78, 5) is 29.9. The number of allylic oxidation sites excluding steroid dienone is 3. The van der Waals surface area contributed by atoms with Crippen molar-refractivity contribution in [2.45, 2.75) is 100 Å². The topological polar surface area (TPSA) is 76.5 Å². The molecule has 0 spiro atoms. The number of ketones is 1. The van der Waals surface area contributed by atoms with E-state index >= 15 is 0 Å². The van der Waals surface area contributed by atoms with Gasteiger partial charge >= 0.3 is 5.97 Å². The molecule has 0 saturated heterocycles. The molecule has 0 saturated carbocycles. The molecular weight excluding hydrogens is 470 g/mol. The highest BCUT2D eigenvalue weighted by Gasteiger charge is 2.28. The summed E-state index contributed by atoms with van der Waals surface area (Å²) in [5.74, 6) is -0.247. The number of aliphatic hydroxyl groups excluding tert-OH is 1. The highest BCUT2D eigenvalue weighted by Crippen LogP contribution is 2.27. The van der Waals surface area contributed by atoms with Crippen molar-refractivity contribution in [3.63, 3.8) is 0 Å². The van der Waals surface area contributed by atoms with Crippen molar-refractivity contribution >= 4 is 29.2 Å². The molecule has 1 aromatic rings. The molecule has 1 N–H and O–H groups in total. The monoisotopic (exact) mass is 517 g/mol. The Morgan fingerprint density at radius 3 is 2.39 bits per heavy atom. The summed E-state index contributed by atoms with van der Waals surface area (Å²) in [6.45, 7) is 18.4. The second kappa shape index (κ2) is 15.9. The Kier molecular flexibility index (Phi) is 14.2. The van der Waals surface area contributed by atoms with Crippen LogP contribution in [0.25, 0.3) is 6.08 Å². The molecule has 0 aliphatic carbocycles. The summed E-state index contributed by atoms with van der Waals surface area (Å²) >= 11 is 1.57. The van der Waals surface area contributed by atoms with E-state index in [1.807, 2.05) is 46.1 Å². The Hall–Kier alpha value is -2.05. The first-order valence-electron chi connectivity index (χ1n) is 13.2. The average Bonchev–Trinajstić information content (AvgIpc) is 3.20. The zero-order chi connectivity index (χ0) is 27.4. The first-order chi connectivity index (χ1) is 16.9. The Balaban J connectivity index is 0.00000205. The molecular formula is C30H47NO4S. The van der Waals surface area contributed by atoms with E-state index in [1.54, 1.807) is 11.3 Å². The zero-order valence-electron chi connectivity index (χ0n) is 23.7. The van der Waals surface area contributed by atoms with E-state index in [2.05, 4.69) is 50.9 Å². The minimum Gasteiger partial charge on any atom is -0.457 e. The van der Waals surface area contributed by atoms with Crippen molar-refractivity contribution in [3.05, 3.63) is 45.5 Å². The van der Waals surface area contributed by atoms with Crippen LogP contribution < -0.4 is 0 Å². The van der Waals surface area contributed by atoms with E-state index in [-0.39, 0.29) is 36.4 Å². The number of aryl methyl sites for hydroxylation is 1. The van der Waals surface area contributed by atoms with Crippen LogP contribution in [0.5, 0.6) is 0 Å². The van der Waals surface area contributed by atoms with E-state index in [0.29, 0.717) is 5.92 Å². The van der Waals surface area contributed by atoms with Crippen molar-refractivity contribution < 1.29 is 19.4 Å². The molecule has 1 aliphatic rings. The number of cyclic esters (lactones) is 1. The van der Waals surface area contributed by atoms with E-state index in [0.717, 1.165) is 28.3 Å². The highest BCUT2D eigenvalue weighted by molar-refractivity contribution is 7.09. The molecule has 0 radical (unpaired) electrons. The molecule has 0 amide bonds. The van der Waals surface area contributed by atoms with E-state index in [9.17, 15) is 14.7 Å². The highest BCUT2D eigenvalue weighted by atomic mass is 32.1. The maximum Gasteiger partial charge on any atom is 0.309 e. The third kappa shape index (κ3) is 10.9. The summed E-state index contributed by atoms with van der Waals surface area (Å²) in [7, 11) is 0. The van der Waals surface area contributed by atoms with Gasteiger partial charge in [0.1, 0.15) is 11.9 Å². The average molecular weight is 518 g/mol. The second-order valence-corrected chi connectivity index (χ2v) is 11.4. The Morgan fingerprint density at radius 2 is 1.81 bits per heavy atom. The Labute approximate surface area is 222 Å². The maximum absolute atomic E-state index is 12.7. The molecule has 5 nitrogen and oxygen atoms in total. The minimum absolute atomic E-state index is 0.0123. The van der Waals surface area contributed by atoms with Gasteiger partial charge in [-0.2, -0.15) is 0 Å².